The maximum absolute atomic E-state index is 14.8. The van der Waals surface area contributed by atoms with Gasteiger partial charge in [-0.2, -0.15) is 0 Å². The van der Waals surface area contributed by atoms with E-state index in [4.69, 9.17) is 5.11 Å². The SMILES string of the molecule is CC(C)Nc1cncc(-c2cc(F)c(N3CCC(CC(=O)O)CC3)c(F)c2)n1. The first-order valence-electron chi connectivity index (χ1n) is 9.38. The van der Waals surface area contributed by atoms with E-state index in [2.05, 4.69) is 15.3 Å². The molecule has 2 heterocycles. The lowest BCUT2D eigenvalue weighted by Crippen LogP contribution is -2.35. The highest BCUT2D eigenvalue weighted by Crippen LogP contribution is 2.32. The summed E-state index contributed by atoms with van der Waals surface area (Å²) >= 11 is 0. The predicted octanol–water partition coefficient (Wildman–Crippen LogP) is 3.93. The number of carboxylic acid groups (broad SMARTS) is 1. The standard InChI is InChI=1S/C20H24F2N4O2/c1-12(2)24-18-11-23-10-17(25-18)14-8-15(21)20(16(22)9-14)26-5-3-13(4-6-26)7-19(27)28/h8-13H,3-7H2,1-2H3,(H,24,25)(H,27,28). The first-order chi connectivity index (χ1) is 13.3. The molecule has 1 aliphatic heterocycles. The molecular weight excluding hydrogens is 366 g/mol. The second-order valence-electron chi connectivity index (χ2n) is 7.41. The maximum Gasteiger partial charge on any atom is 0.303 e. The molecule has 0 aliphatic carbocycles. The third-order valence-corrected chi connectivity index (χ3v) is 4.78. The molecule has 2 N–H and O–H groups in total. The van der Waals surface area contributed by atoms with E-state index in [1.165, 1.54) is 18.3 Å². The second-order valence-corrected chi connectivity index (χ2v) is 7.41. The van der Waals surface area contributed by atoms with Crippen molar-refractivity contribution in [2.75, 3.05) is 23.3 Å². The quantitative estimate of drug-likeness (QED) is 0.778. The van der Waals surface area contributed by atoms with Gasteiger partial charge in [0.25, 0.3) is 0 Å². The van der Waals surface area contributed by atoms with Crippen molar-refractivity contribution in [1.29, 1.82) is 0 Å². The summed E-state index contributed by atoms with van der Waals surface area (Å²) in [7, 11) is 0. The molecule has 0 unspecified atom stereocenters. The first kappa shape index (κ1) is 20.0. The molecule has 150 valence electrons. The monoisotopic (exact) mass is 390 g/mol. The summed E-state index contributed by atoms with van der Waals surface area (Å²) in [6, 6.07) is 2.69. The summed E-state index contributed by atoms with van der Waals surface area (Å²) in [6.45, 7) is 4.78. The van der Waals surface area contributed by atoms with Crippen LogP contribution in [0.4, 0.5) is 20.3 Å². The molecule has 0 amide bonds. The fourth-order valence-corrected chi connectivity index (χ4v) is 3.49. The number of anilines is 2. The van der Waals surface area contributed by atoms with E-state index < -0.39 is 17.6 Å². The zero-order valence-corrected chi connectivity index (χ0v) is 16.0. The number of halogens is 2. The van der Waals surface area contributed by atoms with Crippen LogP contribution < -0.4 is 10.2 Å². The van der Waals surface area contributed by atoms with Gasteiger partial charge in [-0.25, -0.2) is 13.8 Å². The van der Waals surface area contributed by atoms with E-state index in [9.17, 15) is 13.6 Å². The van der Waals surface area contributed by atoms with E-state index in [1.54, 1.807) is 11.1 Å². The zero-order valence-electron chi connectivity index (χ0n) is 16.0. The van der Waals surface area contributed by atoms with Gasteiger partial charge in [-0.05, 0) is 44.7 Å². The molecule has 2 aromatic rings. The highest BCUT2D eigenvalue weighted by Gasteiger charge is 2.25. The second kappa shape index (κ2) is 8.50. The van der Waals surface area contributed by atoms with Gasteiger partial charge >= 0.3 is 5.97 Å². The van der Waals surface area contributed by atoms with Crippen molar-refractivity contribution < 1.29 is 18.7 Å². The van der Waals surface area contributed by atoms with Crippen LogP contribution in [0.2, 0.25) is 0 Å². The molecule has 3 rings (SSSR count). The summed E-state index contributed by atoms with van der Waals surface area (Å²) in [6.07, 6.45) is 4.32. The lowest BCUT2D eigenvalue weighted by molar-refractivity contribution is -0.138. The van der Waals surface area contributed by atoms with Crippen LogP contribution in [-0.4, -0.2) is 40.2 Å². The lowest BCUT2D eigenvalue weighted by Gasteiger charge is -2.33. The van der Waals surface area contributed by atoms with Gasteiger partial charge in [0.15, 0.2) is 0 Å². The van der Waals surface area contributed by atoms with Crippen molar-refractivity contribution in [2.45, 2.75) is 39.2 Å². The Morgan fingerprint density at radius 1 is 1.25 bits per heavy atom. The van der Waals surface area contributed by atoms with E-state index >= 15 is 0 Å². The van der Waals surface area contributed by atoms with Crippen LogP contribution in [0, 0.1) is 17.6 Å². The van der Waals surface area contributed by atoms with E-state index in [-0.39, 0.29) is 24.1 Å². The minimum atomic E-state index is -0.838. The third-order valence-electron chi connectivity index (χ3n) is 4.78. The number of hydrogen-bond donors (Lipinski definition) is 2. The highest BCUT2D eigenvalue weighted by molar-refractivity contribution is 5.67. The molecule has 1 saturated heterocycles. The van der Waals surface area contributed by atoms with Gasteiger partial charge in [0.2, 0.25) is 0 Å². The minimum absolute atomic E-state index is 0.0469. The van der Waals surface area contributed by atoms with Crippen LogP contribution >= 0.6 is 0 Å². The van der Waals surface area contributed by atoms with Crippen LogP contribution in [0.5, 0.6) is 0 Å². The molecule has 0 bridgehead atoms. The summed E-state index contributed by atoms with van der Waals surface area (Å²) in [5.41, 5.74) is 0.636. The minimum Gasteiger partial charge on any atom is -0.481 e. The molecule has 1 aromatic carbocycles. The number of aromatic nitrogens is 2. The van der Waals surface area contributed by atoms with Gasteiger partial charge in [0.05, 0.1) is 18.1 Å². The van der Waals surface area contributed by atoms with Gasteiger partial charge in [-0.3, -0.25) is 9.78 Å². The number of nitrogens with zero attached hydrogens (tertiary/aromatic N) is 3. The fourth-order valence-electron chi connectivity index (χ4n) is 3.49. The molecule has 0 radical (unpaired) electrons. The average Bonchev–Trinajstić information content (AvgIpc) is 2.62. The number of carboxylic acids is 1. The summed E-state index contributed by atoms with van der Waals surface area (Å²) in [5, 5.41) is 12.0. The first-order valence-corrected chi connectivity index (χ1v) is 9.38. The molecule has 1 aromatic heterocycles. The van der Waals surface area contributed by atoms with Crippen molar-refractivity contribution >= 4 is 17.5 Å². The van der Waals surface area contributed by atoms with Crippen molar-refractivity contribution in [3.05, 3.63) is 36.2 Å². The number of aliphatic carboxylic acids is 1. The fraction of sp³-hybridized carbons (Fsp3) is 0.450. The Morgan fingerprint density at radius 2 is 1.89 bits per heavy atom. The molecule has 6 nitrogen and oxygen atoms in total. The van der Waals surface area contributed by atoms with Gasteiger partial charge in [0.1, 0.15) is 23.1 Å². The van der Waals surface area contributed by atoms with Crippen LogP contribution in [-0.2, 0) is 4.79 Å². The molecule has 0 saturated carbocycles. The summed E-state index contributed by atoms with van der Waals surface area (Å²) in [5.74, 6) is -1.56. The summed E-state index contributed by atoms with van der Waals surface area (Å²) in [4.78, 5) is 20.9. The molecule has 28 heavy (non-hydrogen) atoms. The number of carbonyl (C=O) groups is 1. The molecule has 1 aliphatic rings. The Kier molecular flexibility index (Phi) is 6.06. The van der Waals surface area contributed by atoms with Crippen LogP contribution in [0.1, 0.15) is 33.1 Å². The topological polar surface area (TPSA) is 78.4 Å². The zero-order chi connectivity index (χ0) is 20.3. The smallest absolute Gasteiger partial charge is 0.303 e. The normalized spacial score (nSPS) is 15.1. The van der Waals surface area contributed by atoms with Crippen molar-refractivity contribution in [3.8, 4) is 11.3 Å². The average molecular weight is 390 g/mol. The number of piperidine rings is 1. The van der Waals surface area contributed by atoms with E-state index in [1.807, 2.05) is 13.8 Å². The number of hydrogen-bond acceptors (Lipinski definition) is 5. The van der Waals surface area contributed by atoms with Gasteiger partial charge < -0.3 is 15.3 Å². The van der Waals surface area contributed by atoms with E-state index in [0.717, 1.165) is 0 Å². The van der Waals surface area contributed by atoms with E-state index in [0.29, 0.717) is 43.0 Å². The molecular formula is C20H24F2N4O2. The maximum atomic E-state index is 14.8. The molecule has 0 spiro atoms. The highest BCUT2D eigenvalue weighted by atomic mass is 19.1. The van der Waals surface area contributed by atoms with Crippen LogP contribution in [0.3, 0.4) is 0 Å². The summed E-state index contributed by atoms with van der Waals surface area (Å²) < 4.78 is 29.5. The third kappa shape index (κ3) is 4.74. The number of rotatable bonds is 6. The predicted molar refractivity (Wildman–Crippen MR) is 103 cm³/mol. The molecule has 0 atom stereocenters. The van der Waals surface area contributed by atoms with Gasteiger partial charge in [0, 0.05) is 31.1 Å². The van der Waals surface area contributed by atoms with Crippen molar-refractivity contribution in [1.82, 2.24) is 9.97 Å². The van der Waals surface area contributed by atoms with Crippen LogP contribution in [0.15, 0.2) is 24.5 Å². The largest absolute Gasteiger partial charge is 0.481 e. The van der Waals surface area contributed by atoms with Gasteiger partial charge in [-0.15, -0.1) is 0 Å². The number of benzene rings is 1. The Balaban J connectivity index is 1.79. The Morgan fingerprint density at radius 3 is 2.46 bits per heavy atom. The lowest BCUT2D eigenvalue weighted by atomic mass is 9.93. The Bertz CT molecular complexity index is 829. The van der Waals surface area contributed by atoms with Crippen LogP contribution in [0.25, 0.3) is 11.3 Å². The number of nitrogens with one attached hydrogen (secondary N) is 1. The van der Waals surface area contributed by atoms with Crippen molar-refractivity contribution in [3.63, 3.8) is 0 Å². The molecule has 1 fully saturated rings. The molecule has 8 heteroatoms. The van der Waals surface area contributed by atoms with Gasteiger partial charge in [-0.1, -0.05) is 0 Å². The Hall–Kier alpha value is -2.77. The van der Waals surface area contributed by atoms with Crippen molar-refractivity contribution in [2.24, 2.45) is 5.92 Å². The Labute approximate surface area is 162 Å².